The van der Waals surface area contributed by atoms with Gasteiger partial charge in [-0.1, -0.05) is 48.7 Å². The van der Waals surface area contributed by atoms with E-state index in [2.05, 4.69) is 50.3 Å². The van der Waals surface area contributed by atoms with Crippen LogP contribution in [0.3, 0.4) is 0 Å². The van der Waals surface area contributed by atoms with E-state index in [-0.39, 0.29) is 36.6 Å². The number of thiophene rings is 1. The number of aryl methyl sites for hydroxylation is 4. The lowest BCUT2D eigenvalue weighted by atomic mass is 9.99. The Morgan fingerprint density at radius 2 is 1.46 bits per heavy atom. The normalized spacial score (nSPS) is 13.2. The van der Waals surface area contributed by atoms with Gasteiger partial charge in [-0.2, -0.15) is 0 Å². The molecule has 0 spiro atoms. The van der Waals surface area contributed by atoms with E-state index in [1.165, 1.54) is 16.2 Å². The number of aliphatic imine (C=N–C) groups is 1. The van der Waals surface area contributed by atoms with Crippen LogP contribution in [0.1, 0.15) is 105 Å². The molecule has 0 radical (unpaired) electrons. The molecule has 4 N–H and O–H groups in total. The molecule has 2 aromatic carbocycles. The molecule has 13 nitrogen and oxygen atoms in total. The second kappa shape index (κ2) is 18.8. The number of carbonyl (C=O) groups excluding carboxylic acids is 4. The van der Waals surface area contributed by atoms with Gasteiger partial charge in [0.15, 0.2) is 11.0 Å². The van der Waals surface area contributed by atoms with Crippen LogP contribution in [-0.4, -0.2) is 62.2 Å². The first-order valence-corrected chi connectivity index (χ1v) is 20.9. The Labute approximate surface area is 344 Å². The van der Waals surface area contributed by atoms with Gasteiger partial charge < -0.3 is 16.0 Å². The van der Waals surface area contributed by atoms with Gasteiger partial charge in [0.25, 0.3) is 5.91 Å². The van der Waals surface area contributed by atoms with Gasteiger partial charge in [0.1, 0.15) is 16.9 Å². The van der Waals surface area contributed by atoms with Crippen LogP contribution < -0.4 is 21.3 Å². The average Bonchev–Trinajstić information content (AvgIpc) is 3.79. The van der Waals surface area contributed by atoms with E-state index in [0.29, 0.717) is 59.5 Å². The van der Waals surface area contributed by atoms with Crippen molar-refractivity contribution in [2.75, 3.05) is 23.7 Å². The number of anilines is 2. The predicted molar refractivity (Wildman–Crippen MR) is 226 cm³/mol. The van der Waals surface area contributed by atoms with Crippen LogP contribution in [0.2, 0.25) is 5.02 Å². The second-order valence-corrected chi connectivity index (χ2v) is 16.8. The molecule has 6 rings (SSSR count). The smallest absolute Gasteiger partial charge is 0.259 e. The van der Waals surface area contributed by atoms with Gasteiger partial charge >= 0.3 is 0 Å². The van der Waals surface area contributed by atoms with Crippen LogP contribution in [0.25, 0.3) is 5.00 Å². The van der Waals surface area contributed by atoms with Gasteiger partial charge in [-0.05, 0) is 77.3 Å². The van der Waals surface area contributed by atoms with Crippen LogP contribution >= 0.6 is 34.3 Å². The molecule has 0 saturated carbocycles. The number of carbonyl (C=O) groups is 4. The molecule has 4 amide bonds. The summed E-state index contributed by atoms with van der Waals surface area (Å²) in [5, 5.41) is 22.4. The predicted octanol–water partition coefficient (Wildman–Crippen LogP) is 7.73. The van der Waals surface area contributed by atoms with Crippen LogP contribution in [0.15, 0.2) is 53.5 Å². The van der Waals surface area contributed by atoms with E-state index in [0.717, 1.165) is 56.6 Å². The van der Waals surface area contributed by atoms with Crippen LogP contribution in [-0.2, 0) is 14.4 Å². The Morgan fingerprint density at radius 3 is 2.16 bits per heavy atom. The lowest BCUT2D eigenvalue weighted by Crippen LogP contribution is -2.35. The van der Waals surface area contributed by atoms with E-state index in [1.807, 2.05) is 49.6 Å². The maximum absolute atomic E-state index is 13.2. The maximum atomic E-state index is 13.2. The summed E-state index contributed by atoms with van der Waals surface area (Å²) in [7, 11) is 0. The molecular formula is C41H46ClN9O4S2. The van der Waals surface area contributed by atoms with Crippen LogP contribution in [0.5, 0.6) is 0 Å². The molecule has 1 unspecified atom stereocenters. The summed E-state index contributed by atoms with van der Waals surface area (Å²) in [6.07, 6.45) is 3.61. The monoisotopic (exact) mass is 827 g/mol. The number of para-hydroxylation sites is 1. The summed E-state index contributed by atoms with van der Waals surface area (Å²) in [5.74, 6) is 0.500. The number of hydrogen-bond donors (Lipinski definition) is 4. The van der Waals surface area contributed by atoms with Crippen molar-refractivity contribution in [2.45, 2.75) is 85.6 Å². The molecular weight excluding hydrogens is 782 g/mol. The summed E-state index contributed by atoms with van der Waals surface area (Å²) in [5.41, 5.74) is 5.47. The zero-order valence-electron chi connectivity index (χ0n) is 32.6. The van der Waals surface area contributed by atoms with Gasteiger partial charge in [0.05, 0.1) is 29.1 Å². The Balaban J connectivity index is 0.910. The van der Waals surface area contributed by atoms with E-state index < -0.39 is 6.04 Å². The fourth-order valence-electron chi connectivity index (χ4n) is 6.49. The fourth-order valence-corrected chi connectivity index (χ4v) is 8.64. The van der Waals surface area contributed by atoms with Gasteiger partial charge in [0, 0.05) is 51.8 Å². The summed E-state index contributed by atoms with van der Waals surface area (Å²) in [4.78, 5) is 63.0. The van der Waals surface area contributed by atoms with Gasteiger partial charge in [-0.15, -0.1) is 32.9 Å². The second-order valence-electron chi connectivity index (χ2n) is 13.9. The summed E-state index contributed by atoms with van der Waals surface area (Å²) >= 11 is 9.27. The molecule has 1 aliphatic heterocycles. The third-order valence-corrected chi connectivity index (χ3v) is 12.2. The highest BCUT2D eigenvalue weighted by Crippen LogP contribution is 2.39. The highest BCUT2D eigenvalue weighted by Gasteiger charge is 2.32. The van der Waals surface area contributed by atoms with Crippen molar-refractivity contribution in [1.82, 2.24) is 30.4 Å². The summed E-state index contributed by atoms with van der Waals surface area (Å²) in [6.45, 7) is 10.5. The van der Waals surface area contributed by atoms with Crippen molar-refractivity contribution >= 4 is 74.4 Å². The van der Waals surface area contributed by atoms with E-state index in [9.17, 15) is 19.2 Å². The number of fused-ring (bicyclic) bond motifs is 3. The number of hydrogen-bond acceptors (Lipinski definition) is 10. The molecule has 57 heavy (non-hydrogen) atoms. The largest absolute Gasteiger partial charge is 0.354 e. The van der Waals surface area contributed by atoms with Crippen LogP contribution in [0, 0.1) is 34.6 Å². The first kappa shape index (κ1) is 41.4. The van der Waals surface area contributed by atoms with Crippen LogP contribution in [0.4, 0.5) is 10.8 Å². The summed E-state index contributed by atoms with van der Waals surface area (Å²) < 4.78 is 2.01. The molecule has 16 heteroatoms. The number of halogens is 1. The molecule has 298 valence electrons. The van der Waals surface area contributed by atoms with Crippen molar-refractivity contribution in [3.8, 4) is 5.00 Å². The fraction of sp³-hybridized carbons (Fsp3) is 0.366. The molecule has 3 aromatic heterocycles. The molecule has 5 aromatic rings. The molecule has 0 saturated heterocycles. The maximum Gasteiger partial charge on any atom is 0.259 e. The molecule has 4 heterocycles. The highest BCUT2D eigenvalue weighted by atomic mass is 35.5. The topological polar surface area (TPSA) is 172 Å². The summed E-state index contributed by atoms with van der Waals surface area (Å²) in [6, 6.07) is 13.9. The molecule has 0 fully saturated rings. The first-order valence-electron chi connectivity index (χ1n) is 18.9. The van der Waals surface area contributed by atoms with Crippen molar-refractivity contribution in [1.29, 1.82) is 0 Å². The zero-order chi connectivity index (χ0) is 40.6. The zero-order valence-corrected chi connectivity index (χ0v) is 35.0. The quantitative estimate of drug-likeness (QED) is 0.0738. The first-order chi connectivity index (χ1) is 27.4. The Morgan fingerprint density at radius 1 is 0.772 bits per heavy atom. The Kier molecular flexibility index (Phi) is 13.6. The minimum atomic E-state index is -0.581. The number of amides is 4. The standard InChI is InChI=1S/C41H46ClN9O4S2/c1-23-25(3)56-40-36(23)37(28-16-18-29(42)19-17-28)47-32(38-50-49-27(5)51(38)40)22-35(54)44-21-20-43-33(52)14-8-6-7-9-15-34(53)46-31-13-11-10-12-30(31)39(55)48-41-45-24(2)26(4)57-41/h10-13,16-19,32H,6-9,14-15,20-22H2,1-5H3,(H,43,52)(H,44,54)(H,46,53)(H,45,48,55). The number of thiazole rings is 1. The van der Waals surface area contributed by atoms with E-state index >= 15 is 0 Å². The lowest BCUT2D eigenvalue weighted by Gasteiger charge is -2.13. The molecule has 0 bridgehead atoms. The van der Waals surface area contributed by atoms with Gasteiger partial charge in [0.2, 0.25) is 17.7 Å². The number of nitrogens with one attached hydrogen (secondary N) is 4. The number of unbranched alkanes of at least 4 members (excludes halogenated alkanes) is 3. The third-order valence-electron chi connectivity index (χ3n) is 9.76. The minimum absolute atomic E-state index is 0.0583. The molecule has 1 aliphatic rings. The van der Waals surface area contributed by atoms with Gasteiger partial charge in [-0.25, -0.2) is 4.98 Å². The number of rotatable bonds is 16. The SMILES string of the molecule is Cc1nc(NC(=O)c2ccccc2NC(=O)CCCCCCC(=O)NCCNC(=O)CC2N=C(c3ccc(Cl)cc3)c3c(sc(C)c3C)-n3c(C)nnc32)sc1C. The van der Waals surface area contributed by atoms with Crippen molar-refractivity contribution in [3.05, 3.63) is 103 Å². The minimum Gasteiger partial charge on any atom is -0.354 e. The molecule has 0 aliphatic carbocycles. The Hall–Kier alpha value is -5.25. The van der Waals surface area contributed by atoms with E-state index in [4.69, 9.17) is 16.6 Å². The Bertz CT molecular complexity index is 2290. The highest BCUT2D eigenvalue weighted by molar-refractivity contribution is 7.16. The number of aromatic nitrogens is 4. The number of benzene rings is 2. The average molecular weight is 828 g/mol. The number of nitrogens with zero attached hydrogens (tertiary/aromatic N) is 5. The van der Waals surface area contributed by atoms with Crippen molar-refractivity contribution < 1.29 is 19.2 Å². The molecule has 1 atom stereocenters. The third kappa shape index (κ3) is 10.2. The van der Waals surface area contributed by atoms with Gasteiger partial charge in [-0.3, -0.25) is 34.1 Å². The van der Waals surface area contributed by atoms with Crippen molar-refractivity contribution in [3.63, 3.8) is 0 Å². The van der Waals surface area contributed by atoms with E-state index in [1.54, 1.807) is 35.6 Å². The lowest BCUT2D eigenvalue weighted by molar-refractivity contribution is -0.123. The van der Waals surface area contributed by atoms with Crippen molar-refractivity contribution in [2.24, 2.45) is 4.99 Å².